The summed E-state index contributed by atoms with van der Waals surface area (Å²) in [7, 11) is 0. The van der Waals surface area contributed by atoms with E-state index in [2.05, 4.69) is 18.3 Å². The van der Waals surface area contributed by atoms with Gasteiger partial charge in [-0.15, -0.1) is 0 Å². The first-order valence-electron chi connectivity index (χ1n) is 6.57. The second-order valence-corrected chi connectivity index (χ2v) is 6.48. The highest BCUT2D eigenvalue weighted by molar-refractivity contribution is 7.99. The van der Waals surface area contributed by atoms with Crippen LogP contribution in [0.25, 0.3) is 0 Å². The SMILES string of the molecule is CCC(C#N)(CCCSC(C)CO)NC1CC1. The highest BCUT2D eigenvalue weighted by atomic mass is 32.2. The lowest BCUT2D eigenvalue weighted by Crippen LogP contribution is -2.44. The number of nitriles is 1. The molecule has 2 N–H and O–H groups in total. The molecule has 0 aromatic heterocycles. The van der Waals surface area contributed by atoms with Crippen LogP contribution >= 0.6 is 11.8 Å². The number of nitrogens with zero attached hydrogens (tertiary/aromatic N) is 1. The van der Waals surface area contributed by atoms with Crippen molar-refractivity contribution >= 4 is 11.8 Å². The van der Waals surface area contributed by atoms with Gasteiger partial charge >= 0.3 is 0 Å². The van der Waals surface area contributed by atoms with Gasteiger partial charge in [-0.05, 0) is 37.9 Å². The third kappa shape index (κ3) is 5.29. The minimum atomic E-state index is -0.315. The van der Waals surface area contributed by atoms with Crippen LogP contribution in [-0.2, 0) is 0 Å². The fourth-order valence-corrected chi connectivity index (χ4v) is 2.67. The summed E-state index contributed by atoms with van der Waals surface area (Å²) < 4.78 is 0. The Kier molecular flexibility index (Phi) is 6.32. The van der Waals surface area contributed by atoms with Crippen molar-refractivity contribution in [2.75, 3.05) is 12.4 Å². The number of hydrogen-bond acceptors (Lipinski definition) is 4. The molecular formula is C13H24N2OS. The highest BCUT2D eigenvalue weighted by Crippen LogP contribution is 2.27. The molecule has 0 bridgehead atoms. The van der Waals surface area contributed by atoms with Gasteiger partial charge in [-0.2, -0.15) is 17.0 Å². The Morgan fingerprint density at radius 2 is 2.29 bits per heavy atom. The zero-order valence-electron chi connectivity index (χ0n) is 10.9. The molecule has 0 saturated heterocycles. The Morgan fingerprint density at radius 1 is 1.59 bits per heavy atom. The molecule has 0 aliphatic heterocycles. The first kappa shape index (κ1) is 14.8. The fraction of sp³-hybridized carbons (Fsp3) is 0.923. The van der Waals surface area contributed by atoms with Crippen molar-refractivity contribution in [3.8, 4) is 6.07 Å². The van der Waals surface area contributed by atoms with E-state index in [-0.39, 0.29) is 12.1 Å². The Hall–Kier alpha value is -0.240. The first-order chi connectivity index (χ1) is 8.15. The summed E-state index contributed by atoms with van der Waals surface area (Å²) in [5, 5.41) is 22.1. The van der Waals surface area contributed by atoms with Crippen LogP contribution in [0.4, 0.5) is 0 Å². The van der Waals surface area contributed by atoms with Crippen molar-refractivity contribution in [3.05, 3.63) is 0 Å². The van der Waals surface area contributed by atoms with Crippen LogP contribution in [0.1, 0.15) is 46.0 Å². The molecular weight excluding hydrogens is 232 g/mol. The van der Waals surface area contributed by atoms with Crippen molar-refractivity contribution in [1.82, 2.24) is 5.32 Å². The van der Waals surface area contributed by atoms with E-state index < -0.39 is 0 Å². The van der Waals surface area contributed by atoms with Gasteiger partial charge in [-0.25, -0.2) is 0 Å². The van der Waals surface area contributed by atoms with Crippen LogP contribution < -0.4 is 5.32 Å². The molecule has 98 valence electrons. The number of hydrogen-bond donors (Lipinski definition) is 2. The van der Waals surface area contributed by atoms with Gasteiger partial charge in [-0.1, -0.05) is 13.8 Å². The molecule has 1 aliphatic carbocycles. The lowest BCUT2D eigenvalue weighted by molar-refractivity contribution is 0.300. The first-order valence-corrected chi connectivity index (χ1v) is 7.62. The van der Waals surface area contributed by atoms with Crippen molar-refractivity contribution in [2.24, 2.45) is 0 Å². The zero-order valence-corrected chi connectivity index (χ0v) is 11.7. The summed E-state index contributed by atoms with van der Waals surface area (Å²) in [4.78, 5) is 0. The number of aliphatic hydroxyl groups is 1. The summed E-state index contributed by atoms with van der Waals surface area (Å²) in [6.45, 7) is 4.36. The highest BCUT2D eigenvalue weighted by Gasteiger charge is 2.34. The lowest BCUT2D eigenvalue weighted by Gasteiger charge is -2.26. The largest absolute Gasteiger partial charge is 0.395 e. The normalized spacial score (nSPS) is 20.6. The molecule has 0 radical (unpaired) electrons. The Labute approximate surface area is 109 Å². The average Bonchev–Trinajstić information content (AvgIpc) is 3.16. The average molecular weight is 256 g/mol. The Bertz CT molecular complexity index is 263. The smallest absolute Gasteiger partial charge is 0.106 e. The van der Waals surface area contributed by atoms with Gasteiger partial charge in [0.15, 0.2) is 0 Å². The summed E-state index contributed by atoms with van der Waals surface area (Å²) in [5.41, 5.74) is -0.315. The molecule has 4 heteroatoms. The summed E-state index contributed by atoms with van der Waals surface area (Å²) in [6.07, 6.45) is 5.28. The van der Waals surface area contributed by atoms with E-state index >= 15 is 0 Å². The van der Waals surface area contributed by atoms with Crippen LogP contribution in [0.5, 0.6) is 0 Å². The fourth-order valence-electron chi connectivity index (χ4n) is 1.85. The van der Waals surface area contributed by atoms with Crippen molar-refractivity contribution < 1.29 is 5.11 Å². The third-order valence-electron chi connectivity index (χ3n) is 3.28. The molecule has 17 heavy (non-hydrogen) atoms. The molecule has 1 saturated carbocycles. The van der Waals surface area contributed by atoms with Gasteiger partial charge in [-0.3, -0.25) is 5.32 Å². The standard InChI is InChI=1S/C13H24N2OS/c1-3-13(10-14,15-12-5-6-12)7-4-8-17-11(2)9-16/h11-12,15-16H,3-9H2,1-2H3. The van der Waals surface area contributed by atoms with E-state index in [9.17, 15) is 5.26 Å². The predicted molar refractivity (Wildman–Crippen MR) is 73.0 cm³/mol. The number of nitrogens with one attached hydrogen (secondary N) is 1. The monoisotopic (exact) mass is 256 g/mol. The minimum Gasteiger partial charge on any atom is -0.395 e. The molecule has 0 aromatic rings. The molecule has 2 atom stereocenters. The van der Waals surface area contributed by atoms with Gasteiger partial charge in [0.1, 0.15) is 5.54 Å². The minimum absolute atomic E-state index is 0.238. The Morgan fingerprint density at radius 3 is 2.76 bits per heavy atom. The van der Waals surface area contributed by atoms with Crippen LogP contribution in [0.3, 0.4) is 0 Å². The molecule has 0 aromatic carbocycles. The molecule has 3 nitrogen and oxygen atoms in total. The number of aliphatic hydroxyl groups excluding tert-OH is 1. The maximum atomic E-state index is 9.35. The van der Waals surface area contributed by atoms with Gasteiger partial charge < -0.3 is 5.11 Å². The predicted octanol–water partition coefficient (Wildman–Crippen LogP) is 2.30. The Balaban J connectivity index is 2.26. The van der Waals surface area contributed by atoms with Gasteiger partial charge in [0.05, 0.1) is 12.7 Å². The zero-order chi connectivity index (χ0) is 12.7. The molecule has 0 amide bonds. The molecule has 1 fully saturated rings. The molecule has 0 spiro atoms. The second kappa shape index (κ2) is 7.25. The quantitative estimate of drug-likeness (QED) is 0.622. The van der Waals surface area contributed by atoms with Gasteiger partial charge in [0.2, 0.25) is 0 Å². The summed E-state index contributed by atoms with van der Waals surface area (Å²) >= 11 is 1.79. The molecule has 1 rings (SSSR count). The van der Waals surface area contributed by atoms with Crippen molar-refractivity contribution in [2.45, 2.75) is 62.8 Å². The van der Waals surface area contributed by atoms with E-state index in [1.54, 1.807) is 11.8 Å². The van der Waals surface area contributed by atoms with Crippen molar-refractivity contribution in [1.29, 1.82) is 5.26 Å². The second-order valence-electron chi connectivity index (χ2n) is 4.93. The molecule has 0 heterocycles. The summed E-state index contributed by atoms with van der Waals surface area (Å²) in [5.74, 6) is 1.03. The lowest BCUT2D eigenvalue weighted by atomic mass is 9.92. The van der Waals surface area contributed by atoms with E-state index in [0.717, 1.165) is 25.0 Å². The van der Waals surface area contributed by atoms with Gasteiger partial charge in [0.25, 0.3) is 0 Å². The van der Waals surface area contributed by atoms with Crippen LogP contribution in [-0.4, -0.2) is 34.3 Å². The van der Waals surface area contributed by atoms with Crippen molar-refractivity contribution in [3.63, 3.8) is 0 Å². The summed E-state index contributed by atoms with van der Waals surface area (Å²) in [6, 6.07) is 3.05. The third-order valence-corrected chi connectivity index (χ3v) is 4.53. The van der Waals surface area contributed by atoms with E-state index in [0.29, 0.717) is 11.3 Å². The topological polar surface area (TPSA) is 56.0 Å². The van der Waals surface area contributed by atoms with Gasteiger partial charge in [0, 0.05) is 11.3 Å². The maximum Gasteiger partial charge on any atom is 0.106 e. The van der Waals surface area contributed by atoms with E-state index in [4.69, 9.17) is 5.11 Å². The molecule has 1 aliphatic rings. The van der Waals surface area contributed by atoms with E-state index in [1.807, 2.05) is 6.92 Å². The van der Waals surface area contributed by atoms with Crippen LogP contribution in [0.2, 0.25) is 0 Å². The number of thioether (sulfide) groups is 1. The van der Waals surface area contributed by atoms with Crippen LogP contribution in [0, 0.1) is 11.3 Å². The molecule has 2 unspecified atom stereocenters. The van der Waals surface area contributed by atoms with E-state index in [1.165, 1.54) is 12.8 Å². The number of rotatable bonds is 9. The van der Waals surface area contributed by atoms with Crippen LogP contribution in [0.15, 0.2) is 0 Å². The maximum absolute atomic E-state index is 9.35.